The maximum absolute atomic E-state index is 9.62. The Balaban J connectivity index is 1.48. The Bertz CT molecular complexity index is 1230. The van der Waals surface area contributed by atoms with Crippen LogP contribution in [0.5, 0.6) is 0 Å². The predicted molar refractivity (Wildman–Crippen MR) is 130 cm³/mol. The molecule has 2 fully saturated rings. The van der Waals surface area contributed by atoms with Crippen LogP contribution in [0.3, 0.4) is 0 Å². The summed E-state index contributed by atoms with van der Waals surface area (Å²) in [5.41, 5.74) is 4.95. The van der Waals surface area contributed by atoms with E-state index < -0.39 is 0 Å². The third-order valence-electron chi connectivity index (χ3n) is 6.96. The van der Waals surface area contributed by atoms with E-state index in [-0.39, 0.29) is 0 Å². The van der Waals surface area contributed by atoms with Gasteiger partial charge in [0, 0.05) is 72.7 Å². The van der Waals surface area contributed by atoms with Crippen LogP contribution in [0.1, 0.15) is 36.8 Å². The summed E-state index contributed by atoms with van der Waals surface area (Å²) in [7, 11) is 1.80. The van der Waals surface area contributed by atoms with E-state index in [4.69, 9.17) is 10.4 Å². The first kappa shape index (κ1) is 21.2. The smallest absolute Gasteiger partial charge is 0.128 e. The van der Waals surface area contributed by atoms with Gasteiger partial charge in [-0.05, 0) is 50.4 Å². The van der Waals surface area contributed by atoms with Gasteiger partial charge in [0.05, 0.1) is 17.3 Å². The Morgan fingerprint density at radius 2 is 2.12 bits per heavy atom. The number of nitrogens with zero attached hydrogens (tertiary/aromatic N) is 5. The highest BCUT2D eigenvalue weighted by Crippen LogP contribution is 2.34. The third kappa shape index (κ3) is 3.85. The molecule has 168 valence electrons. The van der Waals surface area contributed by atoms with E-state index in [2.05, 4.69) is 38.8 Å². The number of hydrogen-bond acceptors (Lipinski definition) is 7. The topological polar surface area (TPSA) is 105 Å². The lowest BCUT2D eigenvalue weighted by molar-refractivity contribution is 0.296. The van der Waals surface area contributed by atoms with Crippen LogP contribution >= 0.6 is 0 Å². The van der Waals surface area contributed by atoms with Crippen LogP contribution in [-0.4, -0.2) is 53.0 Å². The van der Waals surface area contributed by atoms with Gasteiger partial charge in [0.1, 0.15) is 11.9 Å². The van der Waals surface area contributed by atoms with Crippen molar-refractivity contribution in [1.82, 2.24) is 25.2 Å². The molecule has 3 aromatic rings. The third-order valence-corrected chi connectivity index (χ3v) is 6.96. The molecule has 2 aliphatic heterocycles. The first-order valence-electron chi connectivity index (χ1n) is 11.4. The van der Waals surface area contributed by atoms with Gasteiger partial charge in [0.25, 0.3) is 0 Å². The van der Waals surface area contributed by atoms with Gasteiger partial charge in [-0.2, -0.15) is 10.4 Å². The molecule has 0 amide bonds. The Labute approximate surface area is 193 Å². The minimum absolute atomic E-state index is 0.339. The van der Waals surface area contributed by atoms with Crippen molar-refractivity contribution in [2.45, 2.75) is 31.2 Å². The predicted octanol–water partition coefficient (Wildman–Crippen LogP) is 3.20. The lowest BCUT2D eigenvalue weighted by Gasteiger charge is -2.40. The largest absolute Gasteiger partial charge is 0.393 e. The van der Waals surface area contributed by atoms with E-state index >= 15 is 0 Å². The highest BCUT2D eigenvalue weighted by molar-refractivity contribution is 6.08. The van der Waals surface area contributed by atoms with Crippen molar-refractivity contribution in [2.75, 3.05) is 31.6 Å². The van der Waals surface area contributed by atoms with Gasteiger partial charge >= 0.3 is 0 Å². The zero-order valence-corrected chi connectivity index (χ0v) is 18.8. The summed E-state index contributed by atoms with van der Waals surface area (Å²) >= 11 is 0. The average Bonchev–Trinajstić information content (AvgIpc) is 3.49. The maximum Gasteiger partial charge on any atom is 0.128 e. The van der Waals surface area contributed by atoms with Gasteiger partial charge in [-0.3, -0.25) is 0 Å². The second-order valence-electron chi connectivity index (χ2n) is 8.84. The lowest BCUT2D eigenvalue weighted by atomic mass is 9.86. The highest BCUT2D eigenvalue weighted by Gasteiger charge is 2.36. The molecule has 0 saturated carbocycles. The van der Waals surface area contributed by atoms with E-state index in [9.17, 15) is 5.26 Å². The first-order valence-corrected chi connectivity index (χ1v) is 11.4. The molecular formula is C25H28N8. The van der Waals surface area contributed by atoms with Gasteiger partial charge in [0.15, 0.2) is 0 Å². The fraction of sp³-hybridized carbons (Fsp3) is 0.360. The van der Waals surface area contributed by atoms with Crippen molar-refractivity contribution in [1.29, 1.82) is 10.7 Å². The van der Waals surface area contributed by atoms with Gasteiger partial charge in [-0.25, -0.2) is 9.50 Å². The number of nitriles is 1. The van der Waals surface area contributed by atoms with Crippen LogP contribution < -0.4 is 15.5 Å². The fourth-order valence-corrected chi connectivity index (χ4v) is 5.14. The maximum atomic E-state index is 9.62. The molecule has 1 spiro atoms. The summed E-state index contributed by atoms with van der Waals surface area (Å²) in [5.74, 6) is 0.989. The molecular weight excluding hydrogens is 412 g/mol. The Morgan fingerprint density at radius 1 is 1.27 bits per heavy atom. The van der Waals surface area contributed by atoms with Crippen molar-refractivity contribution in [3.8, 4) is 17.2 Å². The van der Waals surface area contributed by atoms with E-state index in [1.165, 1.54) is 19.1 Å². The molecule has 0 radical (unpaired) electrons. The van der Waals surface area contributed by atoms with E-state index in [1.807, 2.05) is 18.5 Å². The number of aromatic nitrogens is 3. The van der Waals surface area contributed by atoms with Gasteiger partial charge in [-0.1, -0.05) is 0 Å². The van der Waals surface area contributed by atoms with E-state index in [1.54, 1.807) is 24.0 Å². The summed E-state index contributed by atoms with van der Waals surface area (Å²) in [6, 6.07) is 8.38. The molecule has 8 nitrogen and oxygen atoms in total. The minimum atomic E-state index is 0.339. The molecule has 0 aromatic carbocycles. The molecule has 33 heavy (non-hydrogen) atoms. The quantitative estimate of drug-likeness (QED) is 0.526. The Hall–Kier alpha value is -3.70. The SMILES string of the molecule is CN/C=C(\C=N)c1cc(-c2ccc(N3CCC4(CCCN4)CC3)nc2)c2c(C#N)cnn2c1. The molecule has 2 aliphatic rings. The standard InChI is InChI=1S/C25H28N8/c1-28-14-20(12-26)19-11-22(24-21(13-27)16-31-33(24)17-19)18-3-4-23(29-15-18)32-9-6-25(7-10-32)5-2-8-30-25/h3-4,11-12,14-17,26,28,30H,2,5-10H2,1H3/b20-14+,26-12?. The van der Waals surface area contributed by atoms with Crippen LogP contribution in [0.15, 0.2) is 43.0 Å². The van der Waals surface area contributed by atoms with E-state index in [0.29, 0.717) is 11.1 Å². The molecule has 0 atom stereocenters. The van der Waals surface area contributed by atoms with Crippen molar-refractivity contribution >= 4 is 23.1 Å². The number of allylic oxidation sites excluding steroid dienone is 1. The van der Waals surface area contributed by atoms with Gasteiger partial charge < -0.3 is 20.9 Å². The van der Waals surface area contributed by atoms with Gasteiger partial charge in [-0.15, -0.1) is 0 Å². The highest BCUT2D eigenvalue weighted by atomic mass is 15.2. The number of nitrogens with one attached hydrogen (secondary N) is 3. The van der Waals surface area contributed by atoms with Crippen LogP contribution in [-0.2, 0) is 0 Å². The van der Waals surface area contributed by atoms with Crippen LogP contribution in [0, 0.1) is 16.7 Å². The normalized spacial score (nSPS) is 17.9. The van der Waals surface area contributed by atoms with Crippen molar-refractivity contribution in [3.05, 3.63) is 54.1 Å². The second-order valence-corrected chi connectivity index (χ2v) is 8.84. The number of piperidine rings is 1. The van der Waals surface area contributed by atoms with Crippen molar-refractivity contribution in [3.63, 3.8) is 0 Å². The summed E-state index contributed by atoms with van der Waals surface area (Å²) in [4.78, 5) is 7.16. The van der Waals surface area contributed by atoms with E-state index in [0.717, 1.165) is 66.1 Å². The van der Waals surface area contributed by atoms with Crippen molar-refractivity contribution < 1.29 is 0 Å². The molecule has 2 saturated heterocycles. The number of fused-ring (bicyclic) bond motifs is 1. The molecule has 0 bridgehead atoms. The average molecular weight is 441 g/mol. The number of hydrogen-bond donors (Lipinski definition) is 3. The molecule has 0 aliphatic carbocycles. The summed E-state index contributed by atoms with van der Waals surface area (Å²) in [6.07, 6.45) is 13.3. The summed E-state index contributed by atoms with van der Waals surface area (Å²) < 4.78 is 1.71. The van der Waals surface area contributed by atoms with Crippen LogP contribution in [0.4, 0.5) is 5.82 Å². The van der Waals surface area contributed by atoms with Gasteiger partial charge in [0.2, 0.25) is 0 Å². The molecule has 3 N–H and O–H groups in total. The van der Waals surface area contributed by atoms with Crippen LogP contribution in [0.2, 0.25) is 0 Å². The zero-order valence-electron chi connectivity index (χ0n) is 18.8. The monoisotopic (exact) mass is 440 g/mol. The molecule has 8 heteroatoms. The number of rotatable bonds is 5. The molecule has 0 unspecified atom stereocenters. The first-order chi connectivity index (χ1) is 16.2. The number of anilines is 1. The molecule has 3 aromatic heterocycles. The summed E-state index contributed by atoms with van der Waals surface area (Å²) in [5, 5.41) is 28.5. The number of pyridine rings is 2. The Kier molecular flexibility index (Phi) is 5.56. The lowest BCUT2D eigenvalue weighted by Crippen LogP contribution is -2.50. The second kappa shape index (κ2) is 8.68. The molecule has 5 heterocycles. The Morgan fingerprint density at radius 3 is 2.76 bits per heavy atom. The van der Waals surface area contributed by atoms with Crippen molar-refractivity contribution in [2.24, 2.45) is 0 Å². The summed E-state index contributed by atoms with van der Waals surface area (Å²) in [6.45, 7) is 3.17. The molecule has 5 rings (SSSR count). The zero-order chi connectivity index (χ0) is 22.8. The fourth-order valence-electron chi connectivity index (χ4n) is 5.14. The van der Waals surface area contributed by atoms with Crippen LogP contribution in [0.25, 0.3) is 22.2 Å². The minimum Gasteiger partial charge on any atom is -0.393 e.